The zero-order chi connectivity index (χ0) is 38.6. The highest BCUT2D eigenvalue weighted by Crippen LogP contribution is 2.32. The lowest BCUT2D eigenvalue weighted by Gasteiger charge is -2.37. The summed E-state index contributed by atoms with van der Waals surface area (Å²) in [5, 5.41) is 21.7. The number of Topliss-reactive ketones (excluding diaryl/α,β-unsaturated/α-hetero) is 1. The van der Waals surface area contributed by atoms with Gasteiger partial charge in [0.2, 0.25) is 17.6 Å². The molecule has 0 spiro atoms. The minimum Gasteiger partial charge on any atom is -0.403 e. The molecule has 0 unspecified atom stereocenters. The first-order valence-electron chi connectivity index (χ1n) is 19.2. The van der Waals surface area contributed by atoms with Crippen molar-refractivity contribution in [3.8, 4) is 0 Å². The van der Waals surface area contributed by atoms with Gasteiger partial charge in [-0.2, -0.15) is 0 Å². The summed E-state index contributed by atoms with van der Waals surface area (Å²) >= 11 is 0. The van der Waals surface area contributed by atoms with E-state index < -0.39 is 58.7 Å². The van der Waals surface area contributed by atoms with Crippen LogP contribution in [0.1, 0.15) is 93.5 Å². The largest absolute Gasteiger partial charge is 0.403 e. The van der Waals surface area contributed by atoms with Crippen molar-refractivity contribution in [2.75, 3.05) is 33.0 Å². The second-order valence-corrected chi connectivity index (χ2v) is 15.9. The van der Waals surface area contributed by atoms with Crippen LogP contribution >= 0.6 is 0 Å². The van der Waals surface area contributed by atoms with Crippen LogP contribution in [0, 0.1) is 5.92 Å². The third-order valence-corrected chi connectivity index (χ3v) is 11.6. The molecule has 14 heteroatoms. The maximum atomic E-state index is 14.8. The Morgan fingerprint density at radius 3 is 2.31 bits per heavy atom. The molecule has 0 aromatic heterocycles. The van der Waals surface area contributed by atoms with E-state index in [0.29, 0.717) is 36.8 Å². The molecule has 0 radical (unpaired) electrons. The van der Waals surface area contributed by atoms with Gasteiger partial charge < -0.3 is 46.9 Å². The number of rotatable bonds is 13. The number of nitrogens with one attached hydrogen (secondary N) is 3. The molecule has 4 fully saturated rings. The van der Waals surface area contributed by atoms with E-state index >= 15 is 0 Å². The van der Waals surface area contributed by atoms with Crippen molar-refractivity contribution in [1.29, 1.82) is 0 Å². The van der Waals surface area contributed by atoms with E-state index in [1.165, 1.54) is 16.7 Å². The highest BCUT2D eigenvalue weighted by molar-refractivity contribution is 6.39. The number of hydrogen-bond acceptors (Lipinski definition) is 10. The summed E-state index contributed by atoms with van der Waals surface area (Å²) < 4.78 is 10.8. The van der Waals surface area contributed by atoms with E-state index in [-0.39, 0.29) is 44.9 Å². The number of fused-ring (bicyclic) bond motifs is 1. The summed E-state index contributed by atoms with van der Waals surface area (Å²) in [5.74, 6) is -2.99. The molecule has 0 bridgehead atoms. The zero-order valence-electron chi connectivity index (χ0n) is 31.2. The summed E-state index contributed by atoms with van der Waals surface area (Å²) in [6, 6.07) is 9.10. The topological polar surface area (TPSA) is 215 Å². The molecule has 3 atom stereocenters. The molecule has 8 N–H and O–H groups in total. The lowest BCUT2D eigenvalue weighted by atomic mass is 9.84. The number of hydrogen-bond donors (Lipinski definition) is 6. The first kappa shape index (κ1) is 39.2. The fourth-order valence-corrected chi connectivity index (χ4v) is 8.27. The van der Waals surface area contributed by atoms with Crippen LogP contribution in [0.25, 0.3) is 10.8 Å². The summed E-state index contributed by atoms with van der Waals surface area (Å²) in [7, 11) is 0. The number of carbonyl (C=O) groups excluding carboxylic acids is 5. The first-order chi connectivity index (χ1) is 25.8. The highest BCUT2D eigenvalue weighted by Gasteiger charge is 2.49. The van der Waals surface area contributed by atoms with Gasteiger partial charge in [0.1, 0.15) is 17.6 Å². The monoisotopic (exact) mass is 746 g/mol. The van der Waals surface area contributed by atoms with Crippen LogP contribution in [0.15, 0.2) is 48.3 Å². The Hall–Kier alpha value is -4.53. The van der Waals surface area contributed by atoms with Crippen LogP contribution in [0.4, 0.5) is 0 Å². The molecule has 1 saturated carbocycles. The second-order valence-electron chi connectivity index (χ2n) is 15.9. The molecule has 2 aromatic rings. The molecule has 54 heavy (non-hydrogen) atoms. The van der Waals surface area contributed by atoms with Gasteiger partial charge in [0.25, 0.3) is 11.8 Å². The predicted molar refractivity (Wildman–Crippen MR) is 201 cm³/mol. The van der Waals surface area contributed by atoms with Gasteiger partial charge in [0.15, 0.2) is 0 Å². The van der Waals surface area contributed by atoms with Gasteiger partial charge in [-0.05, 0) is 61.1 Å². The number of benzene rings is 2. The molecule has 2 aromatic carbocycles. The zero-order valence-corrected chi connectivity index (χ0v) is 31.2. The molecule has 3 heterocycles. The van der Waals surface area contributed by atoms with Crippen LogP contribution in [-0.4, -0.2) is 102 Å². The Morgan fingerprint density at radius 1 is 1.00 bits per heavy atom. The van der Waals surface area contributed by atoms with Gasteiger partial charge in [0, 0.05) is 56.3 Å². The number of aliphatic hydroxyl groups is 1. The number of nitrogens with zero attached hydrogens (tertiary/aromatic N) is 1. The van der Waals surface area contributed by atoms with Crippen LogP contribution in [-0.2, 0) is 28.7 Å². The third-order valence-electron chi connectivity index (χ3n) is 11.6. The maximum Gasteiger partial charge on any atom is 0.287 e. The van der Waals surface area contributed by atoms with Crippen LogP contribution in [0.2, 0.25) is 0 Å². The molecule has 1 aliphatic carbocycles. The third kappa shape index (κ3) is 8.71. The number of amides is 4. The Balaban J connectivity index is 1.28. The van der Waals surface area contributed by atoms with Gasteiger partial charge in [-0.25, -0.2) is 0 Å². The number of primary amides is 1. The number of nitrogens with two attached hydrogens (primary N) is 2. The minimum atomic E-state index is -1.57. The van der Waals surface area contributed by atoms with Gasteiger partial charge in [-0.15, -0.1) is 0 Å². The Kier molecular flexibility index (Phi) is 11.9. The molecule has 3 saturated heterocycles. The molecule has 292 valence electrons. The summed E-state index contributed by atoms with van der Waals surface area (Å²) in [6.07, 6.45) is 6.87. The minimum absolute atomic E-state index is 0.0457. The lowest BCUT2D eigenvalue weighted by Crippen LogP contribution is -2.64. The van der Waals surface area contributed by atoms with E-state index in [9.17, 15) is 29.1 Å². The smallest absolute Gasteiger partial charge is 0.287 e. The summed E-state index contributed by atoms with van der Waals surface area (Å²) in [5.41, 5.74) is 10.3. The van der Waals surface area contributed by atoms with E-state index in [1.807, 2.05) is 18.2 Å². The number of carbonyl (C=O) groups is 5. The SMILES string of the molecule is CC(C)(O)/C(=C/N)N[C@H]1C[C@@H](C(=O)NC2(C(=O)C(N)=O)CCOCC2)N(C(=O)[C@@H](CC2CCCCC2)NC(=O)c2ccc3cc(C4COC4)ccc3c2)C1. The van der Waals surface area contributed by atoms with Gasteiger partial charge in [0.05, 0.1) is 24.5 Å². The van der Waals surface area contributed by atoms with Crippen molar-refractivity contribution in [2.45, 2.75) is 107 Å². The van der Waals surface area contributed by atoms with Crippen molar-refractivity contribution in [2.24, 2.45) is 17.4 Å². The Bertz CT molecular complexity index is 1770. The molecular weight excluding hydrogens is 692 g/mol. The quantitative estimate of drug-likeness (QED) is 0.164. The van der Waals surface area contributed by atoms with E-state index in [2.05, 4.69) is 28.1 Å². The number of likely N-dealkylation sites (tertiary alicyclic amines) is 1. The average molecular weight is 747 g/mol. The molecule has 6 rings (SSSR count). The molecule has 3 aliphatic heterocycles. The summed E-state index contributed by atoms with van der Waals surface area (Å²) in [6.45, 7) is 4.84. The van der Waals surface area contributed by atoms with Crippen molar-refractivity contribution < 1.29 is 38.6 Å². The fourth-order valence-electron chi connectivity index (χ4n) is 8.27. The number of ether oxygens (including phenoxy) is 2. The molecule has 4 amide bonds. The average Bonchev–Trinajstić information content (AvgIpc) is 3.56. The highest BCUT2D eigenvalue weighted by atomic mass is 16.5. The van der Waals surface area contributed by atoms with Crippen molar-refractivity contribution in [1.82, 2.24) is 20.9 Å². The van der Waals surface area contributed by atoms with Crippen molar-refractivity contribution in [3.05, 3.63) is 59.4 Å². The van der Waals surface area contributed by atoms with Gasteiger partial charge in [-0.1, -0.05) is 56.4 Å². The predicted octanol–water partition coefficient (Wildman–Crippen LogP) is 1.87. The summed E-state index contributed by atoms with van der Waals surface area (Å²) in [4.78, 5) is 69.7. The van der Waals surface area contributed by atoms with Crippen molar-refractivity contribution in [3.63, 3.8) is 0 Å². The lowest BCUT2D eigenvalue weighted by molar-refractivity contribution is -0.147. The first-order valence-corrected chi connectivity index (χ1v) is 19.2. The normalized spacial score (nSPS) is 22.9. The number of ketones is 1. The Morgan fingerprint density at radius 2 is 1.69 bits per heavy atom. The molecule has 14 nitrogen and oxygen atoms in total. The van der Waals surface area contributed by atoms with Crippen LogP contribution in [0.5, 0.6) is 0 Å². The fraction of sp³-hybridized carbons (Fsp3) is 0.575. The van der Waals surface area contributed by atoms with Gasteiger partial charge in [-0.3, -0.25) is 24.0 Å². The van der Waals surface area contributed by atoms with Crippen LogP contribution < -0.4 is 27.4 Å². The Labute approximate surface area is 315 Å². The van der Waals surface area contributed by atoms with E-state index in [1.54, 1.807) is 19.9 Å². The molecule has 4 aliphatic rings. The molecular formula is C40H54N6O8. The van der Waals surface area contributed by atoms with Crippen LogP contribution in [0.3, 0.4) is 0 Å². The van der Waals surface area contributed by atoms with E-state index in [4.69, 9.17) is 20.9 Å². The van der Waals surface area contributed by atoms with Crippen molar-refractivity contribution >= 4 is 40.2 Å². The second kappa shape index (κ2) is 16.5. The van der Waals surface area contributed by atoms with Gasteiger partial charge >= 0.3 is 0 Å². The standard InChI is InChI=1S/C40H54N6O8/c1-39(2,52)33(20-41)43-30-19-32(37(50)45-40(34(47)35(42)48)12-14-53-15-13-40)46(21-30)38(51)31(16-24-6-4-3-5-7-24)44-36(49)28-11-10-25-17-27(29-22-54-23-29)9-8-26(25)18-28/h8-11,17-18,20,24,29-32,43,52H,3-7,12-16,19,21-23,41H2,1-2H3,(H2,42,48)(H,44,49)(H,45,50)/b33-20-/t30-,31+,32-/m0/s1. The maximum absolute atomic E-state index is 14.8. The van der Waals surface area contributed by atoms with E-state index in [0.717, 1.165) is 42.9 Å².